The summed E-state index contributed by atoms with van der Waals surface area (Å²) >= 11 is 0. The normalized spacial score (nSPS) is 13.7. The molecule has 0 amide bonds. The van der Waals surface area contributed by atoms with Gasteiger partial charge in [-0.05, 0) is 44.5 Å². The van der Waals surface area contributed by atoms with Gasteiger partial charge in [0.05, 0.1) is 26.9 Å². The Morgan fingerprint density at radius 2 is 1.58 bits per heavy atom. The molecule has 1 aliphatic rings. The van der Waals surface area contributed by atoms with E-state index in [0.717, 1.165) is 13.0 Å². The van der Waals surface area contributed by atoms with Gasteiger partial charge in [-0.2, -0.15) is 0 Å². The fraction of sp³-hybridized carbons (Fsp3) is 0.611. The molecule has 1 aromatic carbocycles. The van der Waals surface area contributed by atoms with Gasteiger partial charge in [0.1, 0.15) is 0 Å². The molecule has 0 spiro atoms. The number of ether oxygens (including phenoxy) is 3. The number of likely N-dealkylation sites (tertiary alicyclic amines) is 1. The molecule has 1 fully saturated rings. The number of nitrogens with zero attached hydrogens (tertiary/aromatic N) is 1. The van der Waals surface area contributed by atoms with Crippen LogP contribution in [0.25, 0.3) is 0 Å². The van der Waals surface area contributed by atoms with Gasteiger partial charge in [-0.3, -0.25) is 0 Å². The Morgan fingerprint density at radius 1 is 1.04 bits per heavy atom. The molecule has 0 radical (unpaired) electrons. The highest BCUT2D eigenvalue weighted by Crippen LogP contribution is 2.38. The Bertz CT molecular complexity index is 509. The van der Waals surface area contributed by atoms with E-state index in [1.807, 2.05) is 0 Å². The highest BCUT2D eigenvalue weighted by molar-refractivity contribution is 5.89. The zero-order chi connectivity index (χ0) is 18.7. The second-order valence-electron chi connectivity index (χ2n) is 5.70. The number of carboxylic acid groups (broad SMARTS) is 1. The maximum atomic E-state index is 10.8. The maximum absolute atomic E-state index is 10.8. The molecule has 8 heteroatoms. The van der Waals surface area contributed by atoms with Gasteiger partial charge in [0.2, 0.25) is 5.75 Å². The standard InChI is InChI=1S/C10H12O5.C8H17NO.ClH/c1-13-7-4-6(10(11)12)5-8(14-2)9(7)15-3;10-8-4-7-9-5-2-1-3-6-9;/h4-5H,1-3H3,(H,11,12);10H,1-8H2;1H. The Morgan fingerprint density at radius 3 is 1.96 bits per heavy atom. The lowest BCUT2D eigenvalue weighted by Crippen LogP contribution is -2.30. The molecule has 1 heterocycles. The van der Waals surface area contributed by atoms with Gasteiger partial charge in [0.15, 0.2) is 11.5 Å². The van der Waals surface area contributed by atoms with Gasteiger partial charge in [-0.25, -0.2) is 4.79 Å². The van der Waals surface area contributed by atoms with E-state index in [-0.39, 0.29) is 18.0 Å². The van der Waals surface area contributed by atoms with E-state index >= 15 is 0 Å². The summed E-state index contributed by atoms with van der Waals surface area (Å²) in [6.07, 6.45) is 5.05. The number of piperidine rings is 1. The molecule has 7 nitrogen and oxygen atoms in total. The van der Waals surface area contributed by atoms with E-state index < -0.39 is 5.97 Å². The molecule has 2 rings (SSSR count). The van der Waals surface area contributed by atoms with Crippen LogP contribution in [-0.2, 0) is 0 Å². The van der Waals surface area contributed by atoms with Crippen molar-refractivity contribution in [2.45, 2.75) is 25.7 Å². The SMILES string of the molecule is COc1cc(C(=O)O)cc(OC)c1OC.Cl.OCCCN1CCCCC1. The van der Waals surface area contributed by atoms with Gasteiger partial charge >= 0.3 is 5.97 Å². The summed E-state index contributed by atoms with van der Waals surface area (Å²) in [5, 5.41) is 17.4. The lowest BCUT2D eigenvalue weighted by atomic mass is 10.1. The van der Waals surface area contributed by atoms with E-state index in [9.17, 15) is 4.79 Å². The summed E-state index contributed by atoms with van der Waals surface area (Å²) in [5.74, 6) is -0.0113. The number of aliphatic hydroxyl groups is 1. The summed E-state index contributed by atoms with van der Waals surface area (Å²) < 4.78 is 15.1. The number of methoxy groups -OCH3 is 3. The van der Waals surface area contributed by atoms with Gasteiger partial charge in [-0.1, -0.05) is 6.42 Å². The summed E-state index contributed by atoms with van der Waals surface area (Å²) in [6, 6.07) is 2.76. The average molecular weight is 392 g/mol. The van der Waals surface area contributed by atoms with Crippen molar-refractivity contribution in [1.29, 1.82) is 0 Å². The zero-order valence-electron chi connectivity index (χ0n) is 15.7. The van der Waals surface area contributed by atoms with Gasteiger partial charge in [0.25, 0.3) is 0 Å². The van der Waals surface area contributed by atoms with Crippen LogP contribution in [-0.4, -0.2) is 68.7 Å². The number of halogens is 1. The fourth-order valence-electron chi connectivity index (χ4n) is 2.68. The van der Waals surface area contributed by atoms with Crippen molar-refractivity contribution in [3.63, 3.8) is 0 Å². The fourth-order valence-corrected chi connectivity index (χ4v) is 2.68. The molecule has 1 aromatic rings. The Labute approximate surface area is 161 Å². The second-order valence-corrected chi connectivity index (χ2v) is 5.70. The molecular formula is C18H30ClNO6. The molecule has 26 heavy (non-hydrogen) atoms. The Hall–Kier alpha value is -1.70. The van der Waals surface area contributed by atoms with Crippen molar-refractivity contribution in [2.75, 3.05) is 47.6 Å². The number of hydrogen-bond donors (Lipinski definition) is 2. The lowest BCUT2D eigenvalue weighted by Gasteiger charge is -2.25. The number of carbonyl (C=O) groups is 1. The average Bonchev–Trinajstić information content (AvgIpc) is 2.66. The number of aromatic carboxylic acids is 1. The van der Waals surface area contributed by atoms with Crippen molar-refractivity contribution in [2.24, 2.45) is 0 Å². The van der Waals surface area contributed by atoms with Crippen LogP contribution in [0.4, 0.5) is 0 Å². The highest BCUT2D eigenvalue weighted by Gasteiger charge is 2.15. The molecule has 0 bridgehead atoms. The van der Waals surface area contributed by atoms with Crippen LogP contribution in [0.3, 0.4) is 0 Å². The third-order valence-electron chi connectivity index (χ3n) is 3.99. The monoisotopic (exact) mass is 391 g/mol. The summed E-state index contributed by atoms with van der Waals surface area (Å²) in [5.41, 5.74) is 0.0875. The molecule has 1 aliphatic heterocycles. The predicted octanol–water partition coefficient (Wildman–Crippen LogP) is 2.69. The van der Waals surface area contributed by atoms with Crippen LogP contribution in [0.5, 0.6) is 17.2 Å². The van der Waals surface area contributed by atoms with E-state index in [4.69, 9.17) is 24.4 Å². The Balaban J connectivity index is 0.000000497. The van der Waals surface area contributed by atoms with Crippen LogP contribution in [0.1, 0.15) is 36.0 Å². The molecule has 0 aliphatic carbocycles. The van der Waals surface area contributed by atoms with Crippen LogP contribution < -0.4 is 14.2 Å². The number of aliphatic hydroxyl groups excluding tert-OH is 1. The molecular weight excluding hydrogens is 362 g/mol. The van der Waals surface area contributed by atoms with Crippen LogP contribution >= 0.6 is 12.4 Å². The second kappa shape index (κ2) is 13.5. The van der Waals surface area contributed by atoms with Gasteiger partial charge in [0, 0.05) is 13.2 Å². The topological polar surface area (TPSA) is 88.5 Å². The first-order valence-electron chi connectivity index (χ1n) is 8.43. The van der Waals surface area contributed by atoms with Crippen molar-refractivity contribution in [3.05, 3.63) is 17.7 Å². The molecule has 150 valence electrons. The third-order valence-corrected chi connectivity index (χ3v) is 3.99. The van der Waals surface area contributed by atoms with E-state index in [1.54, 1.807) is 0 Å². The van der Waals surface area contributed by atoms with Crippen molar-refractivity contribution < 1.29 is 29.2 Å². The number of benzene rings is 1. The predicted molar refractivity (Wildman–Crippen MR) is 102 cm³/mol. The Kier molecular flexibility index (Phi) is 12.6. The molecule has 0 aromatic heterocycles. The van der Waals surface area contributed by atoms with Crippen molar-refractivity contribution in [3.8, 4) is 17.2 Å². The van der Waals surface area contributed by atoms with Crippen molar-refractivity contribution >= 4 is 18.4 Å². The molecule has 1 saturated heterocycles. The minimum absolute atomic E-state index is 0. The first-order valence-corrected chi connectivity index (χ1v) is 8.43. The molecule has 0 atom stereocenters. The van der Waals surface area contributed by atoms with E-state index in [1.165, 1.54) is 65.8 Å². The van der Waals surface area contributed by atoms with Crippen LogP contribution in [0.2, 0.25) is 0 Å². The summed E-state index contributed by atoms with van der Waals surface area (Å²) in [4.78, 5) is 13.2. The third kappa shape index (κ3) is 7.68. The smallest absolute Gasteiger partial charge is 0.335 e. The quantitative estimate of drug-likeness (QED) is 0.738. The maximum Gasteiger partial charge on any atom is 0.335 e. The van der Waals surface area contributed by atoms with Crippen LogP contribution in [0, 0.1) is 0 Å². The minimum Gasteiger partial charge on any atom is -0.493 e. The minimum atomic E-state index is -1.05. The lowest BCUT2D eigenvalue weighted by molar-refractivity contribution is 0.0696. The zero-order valence-corrected chi connectivity index (χ0v) is 16.5. The summed E-state index contributed by atoms with van der Waals surface area (Å²) in [7, 11) is 4.33. The van der Waals surface area contributed by atoms with E-state index in [0.29, 0.717) is 23.9 Å². The van der Waals surface area contributed by atoms with E-state index in [2.05, 4.69) is 4.90 Å². The number of rotatable bonds is 7. The highest BCUT2D eigenvalue weighted by atomic mass is 35.5. The molecule has 0 saturated carbocycles. The van der Waals surface area contributed by atoms with Crippen LogP contribution in [0.15, 0.2) is 12.1 Å². The number of carboxylic acids is 1. The van der Waals surface area contributed by atoms with Gasteiger partial charge < -0.3 is 29.3 Å². The van der Waals surface area contributed by atoms with Crippen molar-refractivity contribution in [1.82, 2.24) is 4.90 Å². The van der Waals surface area contributed by atoms with Gasteiger partial charge in [-0.15, -0.1) is 12.4 Å². The number of hydrogen-bond acceptors (Lipinski definition) is 6. The molecule has 2 N–H and O–H groups in total. The molecule has 0 unspecified atom stereocenters. The first-order chi connectivity index (χ1) is 12.1. The summed E-state index contributed by atoms with van der Waals surface area (Å²) in [6.45, 7) is 3.94. The first kappa shape index (κ1) is 24.3. The largest absolute Gasteiger partial charge is 0.493 e.